The number of non-ortho nitro benzene ring substituents is 1. The average Bonchev–Trinajstić information content (AvgIpc) is 2.88. The largest absolute Gasteiger partial charge is 0.506 e. The molecule has 0 aliphatic rings. The molecule has 9 heteroatoms. The van der Waals surface area contributed by atoms with Gasteiger partial charge in [-0.15, -0.1) is 0 Å². The van der Waals surface area contributed by atoms with Crippen LogP contribution in [0.4, 0.5) is 11.6 Å². The molecule has 2 N–H and O–H groups in total. The lowest BCUT2D eigenvalue weighted by molar-refractivity contribution is -0.385. The van der Waals surface area contributed by atoms with E-state index < -0.39 is 4.92 Å². The van der Waals surface area contributed by atoms with Crippen molar-refractivity contribution in [2.75, 3.05) is 5.43 Å². The fraction of sp³-hybridized carbons (Fsp3) is 0.0667. The average molecular weight is 390 g/mol. The summed E-state index contributed by atoms with van der Waals surface area (Å²) >= 11 is 3.08. The summed E-state index contributed by atoms with van der Waals surface area (Å²) in [5.41, 5.74) is 4.59. The standard InChI is InChI=1S/C15H12BrN5O3/c1-20-13-5-3-2-4-12(13)18-15(20)19-17-8-9-6-10(21(23)24)7-11(16)14(9)22/h2-8,22H,1H3,(H,18,19)/b17-8-. The maximum atomic E-state index is 10.9. The topological polar surface area (TPSA) is 106 Å². The molecule has 1 heterocycles. The van der Waals surface area contributed by atoms with Gasteiger partial charge in [-0.05, 0) is 28.1 Å². The molecular weight excluding hydrogens is 378 g/mol. The van der Waals surface area contributed by atoms with Crippen LogP contribution in [0.2, 0.25) is 0 Å². The van der Waals surface area contributed by atoms with E-state index in [-0.39, 0.29) is 21.5 Å². The first-order chi connectivity index (χ1) is 11.5. The van der Waals surface area contributed by atoms with Crippen LogP contribution in [0.3, 0.4) is 0 Å². The van der Waals surface area contributed by atoms with E-state index in [0.717, 1.165) is 11.0 Å². The van der Waals surface area contributed by atoms with E-state index in [0.29, 0.717) is 5.95 Å². The monoisotopic (exact) mass is 389 g/mol. The third kappa shape index (κ3) is 2.93. The Hall–Kier alpha value is -2.94. The number of nitro groups is 1. The number of fused-ring (bicyclic) bond motifs is 1. The van der Waals surface area contributed by atoms with Gasteiger partial charge < -0.3 is 9.67 Å². The number of phenols is 1. The van der Waals surface area contributed by atoms with Crippen molar-refractivity contribution < 1.29 is 10.0 Å². The molecule has 0 saturated heterocycles. The van der Waals surface area contributed by atoms with Gasteiger partial charge in [0.25, 0.3) is 5.69 Å². The number of aryl methyl sites for hydroxylation is 1. The van der Waals surface area contributed by atoms with Gasteiger partial charge in [-0.2, -0.15) is 5.10 Å². The second-order valence-electron chi connectivity index (χ2n) is 4.98. The molecule has 0 saturated carbocycles. The lowest BCUT2D eigenvalue weighted by atomic mass is 10.2. The third-order valence-corrected chi connectivity index (χ3v) is 4.05. The number of imidazole rings is 1. The molecule has 0 amide bonds. The van der Waals surface area contributed by atoms with Gasteiger partial charge in [-0.25, -0.2) is 10.4 Å². The number of anilines is 1. The normalized spacial score (nSPS) is 11.2. The highest BCUT2D eigenvalue weighted by molar-refractivity contribution is 9.10. The minimum Gasteiger partial charge on any atom is -0.506 e. The van der Waals surface area contributed by atoms with E-state index in [1.54, 1.807) is 0 Å². The summed E-state index contributed by atoms with van der Waals surface area (Å²) in [4.78, 5) is 14.7. The molecule has 0 fully saturated rings. The summed E-state index contributed by atoms with van der Waals surface area (Å²) in [5.74, 6) is 0.382. The van der Waals surface area contributed by atoms with E-state index in [4.69, 9.17) is 0 Å². The van der Waals surface area contributed by atoms with Crippen LogP contribution in [0.15, 0.2) is 46.0 Å². The van der Waals surface area contributed by atoms with Crippen LogP contribution >= 0.6 is 15.9 Å². The highest BCUT2D eigenvalue weighted by atomic mass is 79.9. The van der Waals surface area contributed by atoms with Crippen LogP contribution in [0.5, 0.6) is 5.75 Å². The van der Waals surface area contributed by atoms with Gasteiger partial charge in [0.15, 0.2) is 0 Å². The van der Waals surface area contributed by atoms with Gasteiger partial charge >= 0.3 is 0 Å². The Bertz CT molecular complexity index is 967. The molecule has 0 atom stereocenters. The zero-order valence-corrected chi connectivity index (χ0v) is 14.1. The fourth-order valence-corrected chi connectivity index (χ4v) is 2.68. The Morgan fingerprint density at radius 3 is 2.88 bits per heavy atom. The van der Waals surface area contributed by atoms with Crippen molar-refractivity contribution in [2.24, 2.45) is 12.1 Å². The third-order valence-electron chi connectivity index (χ3n) is 3.44. The number of aromatic hydroxyl groups is 1. The van der Waals surface area contributed by atoms with Gasteiger partial charge in [0, 0.05) is 24.7 Å². The van der Waals surface area contributed by atoms with Crippen molar-refractivity contribution in [3.63, 3.8) is 0 Å². The highest BCUT2D eigenvalue weighted by Crippen LogP contribution is 2.31. The van der Waals surface area contributed by atoms with E-state index in [9.17, 15) is 15.2 Å². The Balaban J connectivity index is 1.88. The number of hydrazone groups is 1. The summed E-state index contributed by atoms with van der Waals surface area (Å²) in [7, 11) is 1.84. The Labute approximate surface area is 144 Å². The number of nitrogens with zero attached hydrogens (tertiary/aromatic N) is 4. The number of para-hydroxylation sites is 2. The fourth-order valence-electron chi connectivity index (χ4n) is 2.21. The minimum absolute atomic E-state index is 0.129. The van der Waals surface area contributed by atoms with Gasteiger partial charge in [-0.1, -0.05) is 12.1 Å². The van der Waals surface area contributed by atoms with Crippen LogP contribution < -0.4 is 5.43 Å². The van der Waals surface area contributed by atoms with Crippen molar-refractivity contribution in [1.29, 1.82) is 0 Å². The number of benzene rings is 2. The lowest BCUT2D eigenvalue weighted by Crippen LogP contribution is -1.99. The molecule has 3 rings (SSSR count). The smallest absolute Gasteiger partial charge is 0.271 e. The predicted octanol–water partition coefficient (Wildman–Crippen LogP) is 3.40. The molecule has 0 unspecified atom stereocenters. The zero-order valence-electron chi connectivity index (χ0n) is 12.5. The molecule has 0 bridgehead atoms. The van der Waals surface area contributed by atoms with Crippen LogP contribution in [0.25, 0.3) is 11.0 Å². The first-order valence-corrected chi connectivity index (χ1v) is 7.64. The molecule has 24 heavy (non-hydrogen) atoms. The number of hydrogen-bond acceptors (Lipinski definition) is 6. The van der Waals surface area contributed by atoms with Crippen LogP contribution in [0.1, 0.15) is 5.56 Å². The summed E-state index contributed by atoms with van der Waals surface area (Å²) in [5, 5.41) is 24.9. The molecule has 0 spiro atoms. The molecule has 1 aromatic heterocycles. The summed E-state index contributed by atoms with van der Waals surface area (Å²) in [6.45, 7) is 0. The second kappa shape index (κ2) is 6.28. The molecule has 0 radical (unpaired) electrons. The molecule has 122 valence electrons. The molecule has 8 nitrogen and oxygen atoms in total. The van der Waals surface area contributed by atoms with Crippen LogP contribution in [-0.4, -0.2) is 25.8 Å². The number of nitro benzene ring substituents is 1. The summed E-state index contributed by atoms with van der Waals surface area (Å²) in [6, 6.07) is 10.1. The highest BCUT2D eigenvalue weighted by Gasteiger charge is 2.13. The maximum absolute atomic E-state index is 10.9. The molecule has 2 aromatic carbocycles. The Morgan fingerprint density at radius 1 is 1.42 bits per heavy atom. The maximum Gasteiger partial charge on any atom is 0.271 e. The minimum atomic E-state index is -0.541. The van der Waals surface area contributed by atoms with Crippen molar-refractivity contribution in [1.82, 2.24) is 9.55 Å². The van der Waals surface area contributed by atoms with Gasteiger partial charge in [0.05, 0.1) is 26.6 Å². The van der Waals surface area contributed by atoms with Gasteiger partial charge in [0.1, 0.15) is 5.75 Å². The van der Waals surface area contributed by atoms with E-state index in [1.807, 2.05) is 35.9 Å². The van der Waals surface area contributed by atoms with Crippen molar-refractivity contribution in [2.45, 2.75) is 0 Å². The zero-order chi connectivity index (χ0) is 17.3. The van der Waals surface area contributed by atoms with Crippen molar-refractivity contribution in [3.05, 3.63) is 56.5 Å². The summed E-state index contributed by atoms with van der Waals surface area (Å²) < 4.78 is 2.05. The van der Waals surface area contributed by atoms with E-state index in [1.165, 1.54) is 18.3 Å². The Morgan fingerprint density at radius 2 is 2.17 bits per heavy atom. The first kappa shape index (κ1) is 15.9. The second-order valence-corrected chi connectivity index (χ2v) is 5.83. The van der Waals surface area contributed by atoms with Crippen LogP contribution in [0, 0.1) is 10.1 Å². The van der Waals surface area contributed by atoms with Gasteiger partial charge in [-0.3, -0.25) is 10.1 Å². The quantitative estimate of drug-likeness (QED) is 0.404. The Kier molecular flexibility index (Phi) is 4.17. The van der Waals surface area contributed by atoms with Gasteiger partial charge in [0.2, 0.25) is 5.95 Å². The number of halogens is 1. The summed E-state index contributed by atoms with van der Waals surface area (Å²) in [6.07, 6.45) is 1.30. The van der Waals surface area contributed by atoms with Crippen molar-refractivity contribution in [3.8, 4) is 5.75 Å². The molecule has 0 aliphatic heterocycles. The van der Waals surface area contributed by atoms with E-state index in [2.05, 4.69) is 31.4 Å². The number of aromatic nitrogens is 2. The first-order valence-electron chi connectivity index (χ1n) is 6.85. The number of nitrogens with one attached hydrogen (secondary N) is 1. The van der Waals surface area contributed by atoms with Crippen LogP contribution in [-0.2, 0) is 7.05 Å². The SMILES string of the molecule is Cn1c(N/N=C\c2cc([N+](=O)[O-])cc(Br)c2O)nc2ccccc21. The molecule has 3 aromatic rings. The number of hydrogen-bond donors (Lipinski definition) is 2. The molecular formula is C15H12BrN5O3. The number of phenolic OH excluding ortho intramolecular Hbond substituents is 1. The predicted molar refractivity (Wildman–Crippen MR) is 94.4 cm³/mol. The number of rotatable bonds is 4. The molecule has 0 aliphatic carbocycles. The van der Waals surface area contributed by atoms with E-state index >= 15 is 0 Å². The van der Waals surface area contributed by atoms with Crippen molar-refractivity contribution >= 4 is 44.8 Å². The lowest BCUT2D eigenvalue weighted by Gasteiger charge is -2.03.